The number of likely N-dealkylation sites (tertiary alicyclic amines) is 1. The van der Waals surface area contributed by atoms with Crippen LogP contribution in [0.4, 0.5) is 10.1 Å². The van der Waals surface area contributed by atoms with Crippen LogP contribution in [0.2, 0.25) is 0 Å². The van der Waals surface area contributed by atoms with Crippen molar-refractivity contribution in [2.24, 2.45) is 5.92 Å². The van der Waals surface area contributed by atoms with Gasteiger partial charge in [-0.05, 0) is 30.3 Å². The van der Waals surface area contributed by atoms with Gasteiger partial charge in [-0.3, -0.25) is 9.59 Å². The SMILES string of the molecule is O=C(C1CC(=O)N(c2ccc(F)cc2)C1)N1CC(c2nc(-c3ncccn3)no2)C1. The first-order chi connectivity index (χ1) is 14.6. The number of rotatable bonds is 4. The molecule has 2 aliphatic heterocycles. The molecule has 1 aromatic carbocycles. The molecule has 0 bridgehead atoms. The molecule has 2 aliphatic rings. The second kappa shape index (κ2) is 7.29. The van der Waals surface area contributed by atoms with E-state index < -0.39 is 5.92 Å². The summed E-state index contributed by atoms with van der Waals surface area (Å²) in [5.74, 6) is 0.0851. The smallest absolute Gasteiger partial charge is 0.240 e. The van der Waals surface area contributed by atoms with Gasteiger partial charge in [-0.2, -0.15) is 4.98 Å². The zero-order valence-electron chi connectivity index (χ0n) is 15.8. The monoisotopic (exact) mass is 408 g/mol. The number of aromatic nitrogens is 4. The zero-order valence-corrected chi connectivity index (χ0v) is 15.8. The molecular weight excluding hydrogens is 391 g/mol. The largest absolute Gasteiger partial charge is 0.341 e. The number of carbonyl (C=O) groups is 2. The number of halogens is 1. The predicted molar refractivity (Wildman–Crippen MR) is 102 cm³/mol. The van der Waals surface area contributed by atoms with Crippen LogP contribution in [0.15, 0.2) is 47.2 Å². The Morgan fingerprint density at radius 1 is 1.07 bits per heavy atom. The van der Waals surface area contributed by atoms with Gasteiger partial charge in [-0.1, -0.05) is 5.16 Å². The highest BCUT2D eigenvalue weighted by Crippen LogP contribution is 2.32. The number of carbonyl (C=O) groups excluding carboxylic acids is 2. The Morgan fingerprint density at radius 3 is 2.53 bits per heavy atom. The van der Waals surface area contributed by atoms with Crippen LogP contribution in [-0.4, -0.2) is 56.5 Å². The van der Waals surface area contributed by atoms with Crippen molar-refractivity contribution in [3.63, 3.8) is 0 Å². The van der Waals surface area contributed by atoms with Gasteiger partial charge in [0, 0.05) is 44.1 Å². The maximum Gasteiger partial charge on any atom is 0.240 e. The standard InChI is InChI=1S/C20H17FN6O3/c21-14-2-4-15(5-3-14)27-11-12(8-16(27)28)20(29)26-9-13(10-26)19-24-18(25-30-19)17-22-6-1-7-23-17/h1-7,12-13H,8-11H2. The van der Waals surface area contributed by atoms with Gasteiger partial charge in [0.15, 0.2) is 0 Å². The van der Waals surface area contributed by atoms with Crippen molar-refractivity contribution in [3.05, 3.63) is 54.4 Å². The lowest BCUT2D eigenvalue weighted by Gasteiger charge is -2.38. The van der Waals surface area contributed by atoms with E-state index in [1.807, 2.05) is 0 Å². The first kappa shape index (κ1) is 18.3. The summed E-state index contributed by atoms with van der Waals surface area (Å²) in [7, 11) is 0. The van der Waals surface area contributed by atoms with E-state index in [2.05, 4.69) is 20.1 Å². The molecule has 2 saturated heterocycles. The van der Waals surface area contributed by atoms with Crippen LogP contribution >= 0.6 is 0 Å². The molecule has 3 aromatic rings. The Balaban J connectivity index is 1.20. The third kappa shape index (κ3) is 3.30. The maximum atomic E-state index is 13.1. The highest BCUT2D eigenvalue weighted by atomic mass is 19.1. The van der Waals surface area contributed by atoms with Crippen LogP contribution in [0.5, 0.6) is 0 Å². The first-order valence-electron chi connectivity index (χ1n) is 9.54. The van der Waals surface area contributed by atoms with Crippen molar-refractivity contribution in [2.45, 2.75) is 12.3 Å². The predicted octanol–water partition coefficient (Wildman–Crippen LogP) is 1.64. The van der Waals surface area contributed by atoms with Gasteiger partial charge in [0.25, 0.3) is 0 Å². The van der Waals surface area contributed by atoms with Gasteiger partial charge < -0.3 is 14.3 Å². The number of amides is 2. The lowest BCUT2D eigenvalue weighted by molar-refractivity contribution is -0.140. The van der Waals surface area contributed by atoms with Crippen LogP contribution in [-0.2, 0) is 9.59 Å². The molecule has 9 nitrogen and oxygen atoms in total. The Labute approximate surface area is 170 Å². The molecule has 30 heavy (non-hydrogen) atoms. The molecule has 10 heteroatoms. The lowest BCUT2D eigenvalue weighted by atomic mass is 9.96. The van der Waals surface area contributed by atoms with Crippen molar-refractivity contribution in [2.75, 3.05) is 24.5 Å². The van der Waals surface area contributed by atoms with Gasteiger partial charge in [-0.25, -0.2) is 14.4 Å². The van der Waals surface area contributed by atoms with Gasteiger partial charge >= 0.3 is 0 Å². The fraction of sp³-hybridized carbons (Fsp3) is 0.300. The molecule has 0 radical (unpaired) electrons. The molecule has 5 rings (SSSR count). The van der Waals surface area contributed by atoms with E-state index in [4.69, 9.17) is 4.52 Å². The van der Waals surface area contributed by atoms with E-state index in [9.17, 15) is 14.0 Å². The Hall–Kier alpha value is -3.69. The Morgan fingerprint density at radius 2 is 1.80 bits per heavy atom. The van der Waals surface area contributed by atoms with E-state index in [0.29, 0.717) is 42.9 Å². The second-order valence-electron chi connectivity index (χ2n) is 7.35. The molecule has 4 heterocycles. The van der Waals surface area contributed by atoms with Crippen LogP contribution in [0, 0.1) is 11.7 Å². The van der Waals surface area contributed by atoms with Crippen molar-refractivity contribution in [1.29, 1.82) is 0 Å². The van der Waals surface area contributed by atoms with Gasteiger partial charge in [-0.15, -0.1) is 0 Å². The Kier molecular flexibility index (Phi) is 4.46. The van der Waals surface area contributed by atoms with Crippen LogP contribution in [0.25, 0.3) is 11.6 Å². The molecule has 2 fully saturated rings. The van der Waals surface area contributed by atoms with Crippen LogP contribution in [0.1, 0.15) is 18.2 Å². The number of hydrogen-bond acceptors (Lipinski definition) is 7. The summed E-state index contributed by atoms with van der Waals surface area (Å²) in [6.45, 7) is 1.20. The minimum Gasteiger partial charge on any atom is -0.341 e. The molecule has 0 aliphatic carbocycles. The summed E-state index contributed by atoms with van der Waals surface area (Å²) in [6.07, 6.45) is 3.34. The minimum absolute atomic E-state index is 0.0516. The highest BCUT2D eigenvalue weighted by molar-refractivity contribution is 6.00. The lowest BCUT2D eigenvalue weighted by Crippen LogP contribution is -2.51. The summed E-state index contributed by atoms with van der Waals surface area (Å²) in [6, 6.07) is 7.39. The molecular formula is C20H17FN6O3. The summed E-state index contributed by atoms with van der Waals surface area (Å²) in [4.78, 5) is 40.9. The average molecular weight is 408 g/mol. The van der Waals surface area contributed by atoms with E-state index in [0.717, 1.165) is 0 Å². The molecule has 2 aromatic heterocycles. The normalized spacial score (nSPS) is 19.2. The molecule has 1 unspecified atom stereocenters. The van der Waals surface area contributed by atoms with E-state index in [1.54, 1.807) is 35.5 Å². The first-order valence-corrected chi connectivity index (χ1v) is 9.54. The van der Waals surface area contributed by atoms with Gasteiger partial charge in [0.2, 0.25) is 29.4 Å². The van der Waals surface area contributed by atoms with Crippen molar-refractivity contribution < 1.29 is 18.5 Å². The minimum atomic E-state index is -0.417. The summed E-state index contributed by atoms with van der Waals surface area (Å²) >= 11 is 0. The van der Waals surface area contributed by atoms with E-state index in [1.165, 1.54) is 17.0 Å². The molecule has 1 atom stereocenters. The topological polar surface area (TPSA) is 105 Å². The van der Waals surface area contributed by atoms with Crippen LogP contribution < -0.4 is 4.90 Å². The third-order valence-electron chi connectivity index (χ3n) is 5.36. The van der Waals surface area contributed by atoms with E-state index in [-0.39, 0.29) is 30.0 Å². The van der Waals surface area contributed by atoms with Gasteiger partial charge in [0.1, 0.15) is 5.82 Å². The summed E-state index contributed by atoms with van der Waals surface area (Å²) < 4.78 is 18.4. The summed E-state index contributed by atoms with van der Waals surface area (Å²) in [5, 5.41) is 3.90. The number of hydrogen-bond donors (Lipinski definition) is 0. The molecule has 152 valence electrons. The quantitative estimate of drug-likeness (QED) is 0.646. The number of anilines is 1. The third-order valence-corrected chi connectivity index (χ3v) is 5.36. The van der Waals surface area contributed by atoms with Gasteiger partial charge in [0.05, 0.1) is 11.8 Å². The number of benzene rings is 1. The second-order valence-corrected chi connectivity index (χ2v) is 7.35. The van der Waals surface area contributed by atoms with E-state index >= 15 is 0 Å². The fourth-order valence-electron chi connectivity index (χ4n) is 3.72. The Bertz CT molecular complexity index is 1080. The van der Waals surface area contributed by atoms with Crippen molar-refractivity contribution in [3.8, 4) is 11.6 Å². The van der Waals surface area contributed by atoms with Crippen molar-refractivity contribution in [1.82, 2.24) is 25.0 Å². The fourth-order valence-corrected chi connectivity index (χ4v) is 3.72. The van der Waals surface area contributed by atoms with Crippen molar-refractivity contribution >= 4 is 17.5 Å². The molecule has 0 N–H and O–H groups in total. The highest BCUT2D eigenvalue weighted by Gasteiger charge is 2.42. The molecule has 0 saturated carbocycles. The average Bonchev–Trinajstić information content (AvgIpc) is 3.35. The summed E-state index contributed by atoms with van der Waals surface area (Å²) in [5.41, 5.74) is 0.597. The van der Waals surface area contributed by atoms with Crippen LogP contribution in [0.3, 0.4) is 0 Å². The number of nitrogens with zero attached hydrogens (tertiary/aromatic N) is 6. The molecule has 2 amide bonds. The maximum absolute atomic E-state index is 13.1. The molecule has 0 spiro atoms. The zero-order chi connectivity index (χ0) is 20.7.